The van der Waals surface area contributed by atoms with Crippen LogP contribution >= 0.6 is 11.3 Å². The minimum atomic E-state index is -0.446. The van der Waals surface area contributed by atoms with Crippen molar-refractivity contribution in [1.82, 2.24) is 4.98 Å². The van der Waals surface area contributed by atoms with Gasteiger partial charge in [0.1, 0.15) is 0 Å². The maximum absolute atomic E-state index is 9.37. The summed E-state index contributed by atoms with van der Waals surface area (Å²) >= 11 is 1.63. The molecule has 0 spiro atoms. The van der Waals surface area contributed by atoms with Crippen LogP contribution in [0.2, 0.25) is 0 Å². The van der Waals surface area contributed by atoms with Gasteiger partial charge in [-0.15, -0.1) is 11.3 Å². The van der Waals surface area contributed by atoms with Gasteiger partial charge in [0, 0.05) is 18.0 Å². The minimum absolute atomic E-state index is 0.446. The second-order valence-corrected chi connectivity index (χ2v) is 4.75. The van der Waals surface area contributed by atoms with E-state index in [9.17, 15) is 5.11 Å². The number of hydrogen-bond acceptors (Lipinski definition) is 4. The van der Waals surface area contributed by atoms with Gasteiger partial charge in [0.25, 0.3) is 0 Å². The largest absolute Gasteiger partial charge is 0.387 e. The summed E-state index contributed by atoms with van der Waals surface area (Å²) in [4.78, 5) is 6.77. The van der Waals surface area contributed by atoms with Crippen LogP contribution in [0.15, 0.2) is 5.38 Å². The Morgan fingerprint density at radius 1 is 1.71 bits per heavy atom. The van der Waals surface area contributed by atoms with Crippen LogP contribution in [0.1, 0.15) is 38.5 Å². The second kappa shape index (κ2) is 3.87. The van der Waals surface area contributed by atoms with E-state index < -0.39 is 6.10 Å². The lowest BCUT2D eigenvalue weighted by Gasteiger charge is -2.19. The van der Waals surface area contributed by atoms with E-state index in [4.69, 9.17) is 0 Å². The zero-order chi connectivity index (χ0) is 10.1. The summed E-state index contributed by atoms with van der Waals surface area (Å²) < 4.78 is 0. The molecule has 0 saturated carbocycles. The molecule has 1 aliphatic rings. The molecule has 1 aromatic rings. The molecule has 78 valence electrons. The van der Waals surface area contributed by atoms with Crippen molar-refractivity contribution >= 4 is 16.5 Å². The van der Waals surface area contributed by atoms with E-state index in [-0.39, 0.29) is 0 Å². The van der Waals surface area contributed by atoms with Gasteiger partial charge >= 0.3 is 0 Å². The molecule has 1 saturated heterocycles. The van der Waals surface area contributed by atoms with Crippen molar-refractivity contribution in [2.75, 3.05) is 11.4 Å². The molecule has 3 nitrogen and oxygen atoms in total. The number of aromatic nitrogens is 1. The van der Waals surface area contributed by atoms with Gasteiger partial charge in [0.05, 0.1) is 11.8 Å². The molecule has 2 atom stereocenters. The number of hydrogen-bond donors (Lipinski definition) is 1. The molecule has 1 aliphatic heterocycles. The van der Waals surface area contributed by atoms with Gasteiger partial charge in [0.2, 0.25) is 0 Å². The van der Waals surface area contributed by atoms with Crippen molar-refractivity contribution in [2.24, 2.45) is 0 Å². The molecule has 14 heavy (non-hydrogen) atoms. The maximum atomic E-state index is 9.37. The summed E-state index contributed by atoms with van der Waals surface area (Å²) in [7, 11) is 0. The van der Waals surface area contributed by atoms with Crippen molar-refractivity contribution in [2.45, 2.75) is 38.8 Å². The number of nitrogens with zero attached hydrogens (tertiary/aromatic N) is 2. The minimum Gasteiger partial charge on any atom is -0.387 e. The average Bonchev–Trinajstić information content (AvgIpc) is 2.71. The fraction of sp³-hybridized carbons (Fsp3) is 0.700. The second-order valence-electron chi connectivity index (χ2n) is 3.92. The number of thiazole rings is 1. The highest BCUT2D eigenvalue weighted by Gasteiger charge is 2.23. The quantitative estimate of drug-likeness (QED) is 0.816. The number of aliphatic hydroxyl groups excluding tert-OH is 1. The van der Waals surface area contributed by atoms with Crippen LogP contribution in [0, 0.1) is 0 Å². The summed E-state index contributed by atoms with van der Waals surface area (Å²) in [5, 5.41) is 12.4. The van der Waals surface area contributed by atoms with E-state index in [1.165, 1.54) is 12.8 Å². The first-order valence-corrected chi connectivity index (χ1v) is 5.96. The Bertz CT molecular complexity index is 311. The van der Waals surface area contributed by atoms with Gasteiger partial charge in [-0.05, 0) is 26.7 Å². The van der Waals surface area contributed by atoms with Crippen LogP contribution in [0.4, 0.5) is 5.13 Å². The fourth-order valence-corrected chi connectivity index (χ4v) is 2.86. The normalized spacial score (nSPS) is 24.2. The van der Waals surface area contributed by atoms with Gasteiger partial charge in [0.15, 0.2) is 5.13 Å². The standard InChI is InChI=1S/C10H16N2OS/c1-7-4-3-5-12(7)10-11-9(6-14-10)8(2)13/h6-8,13H,3-5H2,1-2H3. The molecule has 2 rings (SSSR count). The Balaban J connectivity index is 2.16. The highest BCUT2D eigenvalue weighted by molar-refractivity contribution is 7.13. The Morgan fingerprint density at radius 3 is 3.00 bits per heavy atom. The van der Waals surface area contributed by atoms with Crippen molar-refractivity contribution in [3.63, 3.8) is 0 Å². The fourth-order valence-electron chi connectivity index (χ4n) is 1.82. The number of aliphatic hydroxyl groups is 1. The van der Waals surface area contributed by atoms with Crippen molar-refractivity contribution in [3.8, 4) is 0 Å². The molecule has 4 heteroatoms. The summed E-state index contributed by atoms with van der Waals surface area (Å²) in [6.45, 7) is 5.09. The smallest absolute Gasteiger partial charge is 0.185 e. The van der Waals surface area contributed by atoms with Crippen LogP contribution in [-0.2, 0) is 0 Å². The van der Waals surface area contributed by atoms with E-state index in [0.29, 0.717) is 6.04 Å². The predicted molar refractivity (Wildman–Crippen MR) is 58.8 cm³/mol. The zero-order valence-corrected chi connectivity index (χ0v) is 9.42. The molecule has 0 amide bonds. The SMILES string of the molecule is CC(O)c1csc(N2CCCC2C)n1. The molecule has 0 radical (unpaired) electrons. The Kier molecular flexibility index (Phi) is 2.74. The summed E-state index contributed by atoms with van der Waals surface area (Å²) in [6, 6.07) is 0.600. The highest BCUT2D eigenvalue weighted by Crippen LogP contribution is 2.29. The topological polar surface area (TPSA) is 36.4 Å². The third-order valence-electron chi connectivity index (χ3n) is 2.74. The third-order valence-corrected chi connectivity index (χ3v) is 3.63. The van der Waals surface area contributed by atoms with Crippen LogP contribution in [0.5, 0.6) is 0 Å². The van der Waals surface area contributed by atoms with Crippen molar-refractivity contribution < 1.29 is 5.11 Å². The van der Waals surface area contributed by atoms with Gasteiger partial charge in [-0.25, -0.2) is 4.98 Å². The van der Waals surface area contributed by atoms with E-state index in [1.807, 2.05) is 5.38 Å². The first-order chi connectivity index (χ1) is 6.68. The summed E-state index contributed by atoms with van der Waals surface area (Å²) in [5.41, 5.74) is 0.795. The van der Waals surface area contributed by atoms with Crippen LogP contribution in [-0.4, -0.2) is 22.7 Å². The molecule has 0 aliphatic carbocycles. The number of rotatable bonds is 2. The van der Waals surface area contributed by atoms with E-state index in [2.05, 4.69) is 16.8 Å². The number of anilines is 1. The average molecular weight is 212 g/mol. The highest BCUT2D eigenvalue weighted by atomic mass is 32.1. The summed E-state index contributed by atoms with van der Waals surface area (Å²) in [6.07, 6.45) is 2.06. The monoisotopic (exact) mass is 212 g/mol. The summed E-state index contributed by atoms with van der Waals surface area (Å²) in [5.74, 6) is 0. The first kappa shape index (κ1) is 9.93. The van der Waals surface area contributed by atoms with E-state index in [0.717, 1.165) is 17.4 Å². The van der Waals surface area contributed by atoms with Crippen LogP contribution in [0.3, 0.4) is 0 Å². The lowest BCUT2D eigenvalue weighted by Crippen LogP contribution is -2.26. The Hall–Kier alpha value is -0.610. The molecule has 0 bridgehead atoms. The molecule has 2 heterocycles. The first-order valence-electron chi connectivity index (χ1n) is 5.08. The van der Waals surface area contributed by atoms with Crippen molar-refractivity contribution in [3.05, 3.63) is 11.1 Å². The Morgan fingerprint density at radius 2 is 2.50 bits per heavy atom. The molecule has 1 fully saturated rings. The lowest BCUT2D eigenvalue weighted by molar-refractivity contribution is 0.195. The third kappa shape index (κ3) is 1.77. The van der Waals surface area contributed by atoms with Gasteiger partial charge in [-0.1, -0.05) is 0 Å². The Labute approximate surface area is 88.4 Å². The molecular formula is C10H16N2OS. The van der Waals surface area contributed by atoms with Crippen LogP contribution in [0.25, 0.3) is 0 Å². The van der Waals surface area contributed by atoms with Gasteiger partial charge in [-0.3, -0.25) is 0 Å². The zero-order valence-electron chi connectivity index (χ0n) is 8.60. The molecule has 1 aromatic heterocycles. The molecule has 1 N–H and O–H groups in total. The van der Waals surface area contributed by atoms with Crippen molar-refractivity contribution in [1.29, 1.82) is 0 Å². The van der Waals surface area contributed by atoms with E-state index in [1.54, 1.807) is 18.3 Å². The van der Waals surface area contributed by atoms with Gasteiger partial charge in [-0.2, -0.15) is 0 Å². The van der Waals surface area contributed by atoms with E-state index >= 15 is 0 Å². The molecular weight excluding hydrogens is 196 g/mol. The maximum Gasteiger partial charge on any atom is 0.185 e. The van der Waals surface area contributed by atoms with Crippen LogP contribution < -0.4 is 4.90 Å². The molecule has 2 unspecified atom stereocenters. The predicted octanol–water partition coefficient (Wildman–Crippen LogP) is 2.19. The lowest BCUT2D eigenvalue weighted by atomic mass is 10.2. The van der Waals surface area contributed by atoms with Gasteiger partial charge < -0.3 is 10.0 Å². The molecule has 0 aromatic carbocycles.